The molecule has 6 nitrogen and oxygen atoms in total. The molecule has 0 fully saturated rings. The van der Waals surface area contributed by atoms with E-state index in [0.29, 0.717) is 16.8 Å². The fraction of sp³-hybridized carbons (Fsp3) is 0. The number of anilines is 2. The first-order valence-corrected chi connectivity index (χ1v) is 6.28. The van der Waals surface area contributed by atoms with E-state index in [9.17, 15) is 5.11 Å². The molecule has 0 unspecified atom stereocenters. The van der Waals surface area contributed by atoms with Crippen LogP contribution in [0.5, 0.6) is 5.75 Å². The maximum absolute atomic E-state index is 9.66. The minimum Gasteiger partial charge on any atom is -0.508 e. The fourth-order valence-corrected chi connectivity index (χ4v) is 2.15. The van der Waals surface area contributed by atoms with E-state index >= 15 is 0 Å². The molecule has 3 aromatic rings. The normalized spacial score (nSPS) is 10.5. The fourth-order valence-electron chi connectivity index (χ4n) is 2.15. The second-order valence-electron chi connectivity index (χ2n) is 4.48. The maximum Gasteiger partial charge on any atom is 0.222 e. The smallest absolute Gasteiger partial charge is 0.222 e. The minimum atomic E-state index is 0.0928. The quantitative estimate of drug-likeness (QED) is 0.662. The average molecular weight is 279 g/mol. The number of benzene rings is 1. The van der Waals surface area contributed by atoms with E-state index in [1.807, 2.05) is 12.1 Å². The van der Waals surface area contributed by atoms with Crippen molar-refractivity contribution < 1.29 is 5.11 Å². The monoisotopic (exact) mass is 279 g/mol. The van der Waals surface area contributed by atoms with E-state index < -0.39 is 0 Å². The average Bonchev–Trinajstić information content (AvgIpc) is 2.47. The molecule has 5 N–H and O–H groups in total. The van der Waals surface area contributed by atoms with Crippen molar-refractivity contribution in [3.8, 4) is 28.1 Å². The van der Waals surface area contributed by atoms with E-state index in [1.54, 1.807) is 36.7 Å². The Kier molecular flexibility index (Phi) is 3.12. The Hall–Kier alpha value is -3.15. The van der Waals surface area contributed by atoms with Crippen molar-refractivity contribution in [3.05, 3.63) is 48.8 Å². The minimum absolute atomic E-state index is 0.0928. The van der Waals surface area contributed by atoms with Crippen LogP contribution in [0.4, 0.5) is 11.8 Å². The molecule has 0 saturated carbocycles. The Bertz CT molecular complexity index is 789. The van der Waals surface area contributed by atoms with Crippen LogP contribution in [0.3, 0.4) is 0 Å². The van der Waals surface area contributed by atoms with E-state index in [0.717, 1.165) is 5.56 Å². The van der Waals surface area contributed by atoms with Crippen LogP contribution in [-0.2, 0) is 0 Å². The highest BCUT2D eigenvalue weighted by atomic mass is 16.3. The zero-order chi connectivity index (χ0) is 14.8. The number of aromatic nitrogens is 3. The Morgan fingerprint density at radius 1 is 0.952 bits per heavy atom. The van der Waals surface area contributed by atoms with Gasteiger partial charge in [0.05, 0.1) is 11.3 Å². The lowest BCUT2D eigenvalue weighted by Gasteiger charge is -2.12. The van der Waals surface area contributed by atoms with Crippen molar-refractivity contribution in [1.82, 2.24) is 15.0 Å². The molecule has 0 aliphatic carbocycles. The number of nitrogen functional groups attached to an aromatic ring is 2. The number of pyridine rings is 1. The maximum atomic E-state index is 9.66. The summed E-state index contributed by atoms with van der Waals surface area (Å²) in [6.45, 7) is 0. The van der Waals surface area contributed by atoms with Gasteiger partial charge < -0.3 is 16.6 Å². The number of hydrogen-bond acceptors (Lipinski definition) is 6. The van der Waals surface area contributed by atoms with Crippen molar-refractivity contribution in [2.24, 2.45) is 0 Å². The lowest BCUT2D eigenvalue weighted by atomic mass is 10.0. The van der Waals surface area contributed by atoms with Crippen LogP contribution in [0, 0.1) is 0 Å². The van der Waals surface area contributed by atoms with Crippen molar-refractivity contribution >= 4 is 11.8 Å². The third-order valence-corrected chi connectivity index (χ3v) is 3.02. The topological polar surface area (TPSA) is 111 Å². The summed E-state index contributed by atoms with van der Waals surface area (Å²) in [7, 11) is 0. The van der Waals surface area contributed by atoms with Crippen molar-refractivity contribution in [2.75, 3.05) is 11.5 Å². The first-order valence-electron chi connectivity index (χ1n) is 6.28. The van der Waals surface area contributed by atoms with Gasteiger partial charge in [0, 0.05) is 18.0 Å². The number of hydrogen-bond donors (Lipinski definition) is 3. The second kappa shape index (κ2) is 5.09. The summed E-state index contributed by atoms with van der Waals surface area (Å²) in [5, 5.41) is 9.66. The molecule has 2 heterocycles. The molecule has 0 bridgehead atoms. The van der Waals surface area contributed by atoms with E-state index in [4.69, 9.17) is 11.5 Å². The van der Waals surface area contributed by atoms with Gasteiger partial charge in [-0.05, 0) is 29.8 Å². The zero-order valence-corrected chi connectivity index (χ0v) is 11.1. The number of aromatic hydroxyl groups is 1. The van der Waals surface area contributed by atoms with Crippen molar-refractivity contribution in [2.45, 2.75) is 0 Å². The highest BCUT2D eigenvalue weighted by molar-refractivity contribution is 5.88. The standard InChI is InChI=1S/C15H13N5O/c16-14-12(9-3-1-5-11(21)7-9)13(19-15(17)20-14)10-4-2-6-18-8-10/h1-8,21H,(H4,16,17,19,20). The van der Waals surface area contributed by atoms with Gasteiger partial charge in [-0.15, -0.1) is 0 Å². The lowest BCUT2D eigenvalue weighted by molar-refractivity contribution is 0.475. The lowest BCUT2D eigenvalue weighted by Crippen LogP contribution is -2.04. The van der Waals surface area contributed by atoms with E-state index in [1.165, 1.54) is 0 Å². The molecule has 0 saturated heterocycles. The van der Waals surface area contributed by atoms with Gasteiger partial charge in [-0.2, -0.15) is 4.98 Å². The van der Waals surface area contributed by atoms with Crippen molar-refractivity contribution in [1.29, 1.82) is 0 Å². The highest BCUT2D eigenvalue weighted by Gasteiger charge is 2.15. The number of phenols is 1. The van der Waals surface area contributed by atoms with Crippen LogP contribution in [0.15, 0.2) is 48.8 Å². The molecular formula is C15H13N5O. The number of nitrogens with two attached hydrogens (primary N) is 2. The molecule has 0 spiro atoms. The molecule has 1 aromatic carbocycles. The third kappa shape index (κ3) is 2.46. The Morgan fingerprint density at radius 2 is 1.76 bits per heavy atom. The summed E-state index contributed by atoms with van der Waals surface area (Å²) < 4.78 is 0. The van der Waals surface area contributed by atoms with Gasteiger partial charge in [-0.1, -0.05) is 12.1 Å². The predicted molar refractivity (Wildman–Crippen MR) is 81.2 cm³/mol. The summed E-state index contributed by atoms with van der Waals surface area (Å²) in [5.74, 6) is 0.489. The molecule has 0 amide bonds. The van der Waals surface area contributed by atoms with Crippen molar-refractivity contribution in [3.63, 3.8) is 0 Å². The van der Waals surface area contributed by atoms with Gasteiger partial charge in [0.2, 0.25) is 5.95 Å². The van der Waals surface area contributed by atoms with E-state index in [2.05, 4.69) is 15.0 Å². The molecule has 0 aliphatic heterocycles. The second-order valence-corrected chi connectivity index (χ2v) is 4.48. The third-order valence-electron chi connectivity index (χ3n) is 3.02. The molecule has 104 valence electrons. The molecule has 0 atom stereocenters. The van der Waals surface area contributed by atoms with Gasteiger partial charge in [0.15, 0.2) is 0 Å². The van der Waals surface area contributed by atoms with Crippen LogP contribution < -0.4 is 11.5 Å². The molecule has 2 aromatic heterocycles. The molecule has 0 aliphatic rings. The van der Waals surface area contributed by atoms with Gasteiger partial charge in [0.1, 0.15) is 11.6 Å². The summed E-state index contributed by atoms with van der Waals surface area (Å²) >= 11 is 0. The van der Waals surface area contributed by atoms with Gasteiger partial charge in [-0.25, -0.2) is 4.98 Å². The number of phenolic OH excluding ortho intramolecular Hbond substituents is 1. The molecule has 6 heteroatoms. The Labute approximate surface area is 121 Å². The number of nitrogens with zero attached hydrogens (tertiary/aromatic N) is 3. The zero-order valence-electron chi connectivity index (χ0n) is 11.1. The van der Waals surface area contributed by atoms with Crippen LogP contribution in [0.1, 0.15) is 0 Å². The first kappa shape index (κ1) is 12.9. The summed E-state index contributed by atoms with van der Waals surface area (Å²) in [5.41, 5.74) is 14.4. The van der Waals surface area contributed by atoms with Crippen LogP contribution in [0.25, 0.3) is 22.4 Å². The van der Waals surface area contributed by atoms with Crippen LogP contribution in [-0.4, -0.2) is 20.1 Å². The Balaban J connectivity index is 2.29. The van der Waals surface area contributed by atoms with E-state index in [-0.39, 0.29) is 17.5 Å². The Morgan fingerprint density at radius 3 is 2.48 bits per heavy atom. The van der Waals surface area contributed by atoms with Gasteiger partial charge >= 0.3 is 0 Å². The first-order chi connectivity index (χ1) is 10.1. The predicted octanol–water partition coefficient (Wildman–Crippen LogP) is 2.08. The van der Waals surface area contributed by atoms with Crippen LogP contribution in [0.2, 0.25) is 0 Å². The van der Waals surface area contributed by atoms with Gasteiger partial charge in [-0.3, -0.25) is 4.98 Å². The largest absolute Gasteiger partial charge is 0.508 e. The van der Waals surface area contributed by atoms with Crippen LogP contribution >= 0.6 is 0 Å². The molecular weight excluding hydrogens is 266 g/mol. The number of rotatable bonds is 2. The summed E-state index contributed by atoms with van der Waals surface area (Å²) in [6, 6.07) is 10.4. The SMILES string of the molecule is Nc1nc(N)c(-c2cccc(O)c2)c(-c2cccnc2)n1. The molecule has 3 rings (SSSR count). The molecule has 21 heavy (non-hydrogen) atoms. The molecule has 0 radical (unpaired) electrons. The highest BCUT2D eigenvalue weighted by Crippen LogP contribution is 2.35. The summed E-state index contributed by atoms with van der Waals surface area (Å²) in [4.78, 5) is 12.4. The van der Waals surface area contributed by atoms with Gasteiger partial charge in [0.25, 0.3) is 0 Å². The summed E-state index contributed by atoms with van der Waals surface area (Å²) in [6.07, 6.45) is 3.35.